The second-order valence-corrected chi connectivity index (χ2v) is 5.82. The summed E-state index contributed by atoms with van der Waals surface area (Å²) < 4.78 is 29.1. The number of fused-ring (bicyclic) bond motifs is 1. The minimum absolute atomic E-state index is 0.0517. The van der Waals surface area contributed by atoms with Crippen molar-refractivity contribution in [2.24, 2.45) is 5.73 Å². The smallest absolute Gasteiger partial charge is 0.267 e. The number of hydrogen-bond acceptors (Lipinski definition) is 4. The van der Waals surface area contributed by atoms with Crippen LogP contribution in [0, 0.1) is 18.6 Å². The lowest BCUT2D eigenvalue weighted by atomic mass is 10.1. The lowest BCUT2D eigenvalue weighted by Crippen LogP contribution is -2.28. The van der Waals surface area contributed by atoms with Gasteiger partial charge < -0.3 is 5.73 Å². The molecule has 0 fully saturated rings. The number of benzene rings is 1. The topological polar surface area (TPSA) is 73.8 Å². The molecule has 0 saturated carbocycles. The minimum Gasteiger partial charge on any atom is -0.322 e. The highest BCUT2D eigenvalue weighted by Crippen LogP contribution is 2.25. The molecule has 0 spiro atoms. The van der Waals surface area contributed by atoms with Crippen LogP contribution in [0.25, 0.3) is 16.6 Å². The summed E-state index contributed by atoms with van der Waals surface area (Å²) >= 11 is 6.06. The fourth-order valence-corrected chi connectivity index (χ4v) is 2.72. The van der Waals surface area contributed by atoms with Crippen LogP contribution in [0.4, 0.5) is 8.78 Å². The van der Waals surface area contributed by atoms with Crippen LogP contribution in [0.2, 0.25) is 5.02 Å². The molecule has 2 aromatic heterocycles. The van der Waals surface area contributed by atoms with Gasteiger partial charge in [-0.2, -0.15) is 0 Å². The number of aromatic nitrogens is 3. The molecule has 3 aromatic rings. The van der Waals surface area contributed by atoms with E-state index >= 15 is 0 Å². The maximum atomic E-state index is 14.1. The van der Waals surface area contributed by atoms with E-state index in [2.05, 4.69) is 9.97 Å². The third-order valence-corrected chi connectivity index (χ3v) is 4.04. The van der Waals surface area contributed by atoms with Crippen molar-refractivity contribution in [1.29, 1.82) is 0 Å². The zero-order valence-electron chi connectivity index (χ0n) is 12.8. The Morgan fingerprint density at radius 3 is 2.62 bits per heavy atom. The second-order valence-electron chi connectivity index (χ2n) is 5.42. The van der Waals surface area contributed by atoms with Crippen molar-refractivity contribution in [1.82, 2.24) is 14.5 Å². The molecule has 124 valence electrons. The van der Waals surface area contributed by atoms with Crippen LogP contribution in [-0.2, 0) is 0 Å². The quantitative estimate of drug-likeness (QED) is 0.771. The van der Waals surface area contributed by atoms with Gasteiger partial charge in [0.2, 0.25) is 0 Å². The molecule has 0 aliphatic carbocycles. The summed E-state index contributed by atoms with van der Waals surface area (Å²) in [4.78, 5) is 20.9. The van der Waals surface area contributed by atoms with Crippen molar-refractivity contribution in [3.63, 3.8) is 0 Å². The van der Waals surface area contributed by atoms with E-state index in [1.165, 1.54) is 19.2 Å². The van der Waals surface area contributed by atoms with Crippen molar-refractivity contribution in [2.45, 2.75) is 19.9 Å². The fraction of sp³-hybridized carbons (Fsp3) is 0.188. The van der Waals surface area contributed by atoms with Gasteiger partial charge in [-0.1, -0.05) is 11.6 Å². The highest BCUT2D eigenvalue weighted by atomic mass is 35.5. The van der Waals surface area contributed by atoms with Gasteiger partial charge in [0.1, 0.15) is 23.0 Å². The monoisotopic (exact) mass is 350 g/mol. The summed E-state index contributed by atoms with van der Waals surface area (Å²) in [5.41, 5.74) is 5.47. The first-order valence-corrected chi connectivity index (χ1v) is 7.47. The maximum absolute atomic E-state index is 14.1. The molecule has 0 bridgehead atoms. The second kappa shape index (κ2) is 5.92. The zero-order valence-corrected chi connectivity index (χ0v) is 13.6. The largest absolute Gasteiger partial charge is 0.322 e. The van der Waals surface area contributed by atoms with E-state index in [9.17, 15) is 13.6 Å². The van der Waals surface area contributed by atoms with Gasteiger partial charge in [-0.25, -0.2) is 13.8 Å². The van der Waals surface area contributed by atoms with Gasteiger partial charge in [0.25, 0.3) is 5.56 Å². The van der Waals surface area contributed by atoms with E-state index in [-0.39, 0.29) is 33.0 Å². The van der Waals surface area contributed by atoms with E-state index in [4.69, 9.17) is 17.3 Å². The van der Waals surface area contributed by atoms with Crippen molar-refractivity contribution in [2.75, 3.05) is 0 Å². The zero-order chi connectivity index (χ0) is 17.6. The van der Waals surface area contributed by atoms with E-state index < -0.39 is 23.2 Å². The highest BCUT2D eigenvalue weighted by Gasteiger charge is 2.21. The normalized spacial score (nSPS) is 12.6. The predicted molar refractivity (Wildman–Crippen MR) is 87.4 cm³/mol. The fourth-order valence-electron chi connectivity index (χ4n) is 2.49. The van der Waals surface area contributed by atoms with Gasteiger partial charge in [-0.05, 0) is 26.0 Å². The molecule has 2 N–H and O–H groups in total. The molecule has 24 heavy (non-hydrogen) atoms. The first-order valence-electron chi connectivity index (χ1n) is 7.09. The van der Waals surface area contributed by atoms with E-state index in [1.54, 1.807) is 6.92 Å². The van der Waals surface area contributed by atoms with Crippen LogP contribution in [0.15, 0.2) is 29.3 Å². The van der Waals surface area contributed by atoms with Crippen molar-refractivity contribution in [3.8, 4) is 5.69 Å². The van der Waals surface area contributed by atoms with E-state index in [1.807, 2.05) is 0 Å². The molecule has 0 amide bonds. The summed E-state index contributed by atoms with van der Waals surface area (Å²) in [6, 6.07) is 1.69. The van der Waals surface area contributed by atoms with Crippen LogP contribution in [0.3, 0.4) is 0 Å². The van der Waals surface area contributed by atoms with Crippen molar-refractivity contribution in [3.05, 3.63) is 62.9 Å². The Morgan fingerprint density at radius 2 is 1.96 bits per heavy atom. The third kappa shape index (κ3) is 2.46. The molecular formula is C16H13ClF2N4O. The van der Waals surface area contributed by atoms with Crippen LogP contribution < -0.4 is 11.3 Å². The predicted octanol–water partition coefficient (Wildman–Crippen LogP) is 3.04. The van der Waals surface area contributed by atoms with Crippen molar-refractivity contribution < 1.29 is 8.78 Å². The molecule has 1 aromatic carbocycles. The molecular weight excluding hydrogens is 338 g/mol. The molecule has 0 aliphatic heterocycles. The summed E-state index contributed by atoms with van der Waals surface area (Å²) in [6.45, 7) is 3.09. The Morgan fingerprint density at radius 1 is 1.25 bits per heavy atom. The molecule has 0 radical (unpaired) electrons. The van der Waals surface area contributed by atoms with Crippen LogP contribution in [-0.4, -0.2) is 14.5 Å². The van der Waals surface area contributed by atoms with Gasteiger partial charge >= 0.3 is 0 Å². The van der Waals surface area contributed by atoms with E-state index in [0.29, 0.717) is 0 Å². The molecule has 3 rings (SSSR count). The highest BCUT2D eigenvalue weighted by molar-refractivity contribution is 6.35. The Hall–Kier alpha value is -2.38. The summed E-state index contributed by atoms with van der Waals surface area (Å²) in [5.74, 6) is -1.18. The Labute approximate surface area is 140 Å². The molecule has 0 aliphatic rings. The van der Waals surface area contributed by atoms with Gasteiger partial charge in [-0.3, -0.25) is 14.3 Å². The average molecular weight is 351 g/mol. The lowest BCUT2D eigenvalue weighted by Gasteiger charge is -2.17. The van der Waals surface area contributed by atoms with Gasteiger partial charge in [0.05, 0.1) is 34.5 Å². The van der Waals surface area contributed by atoms with Gasteiger partial charge in [0.15, 0.2) is 0 Å². The number of nitrogens with two attached hydrogens (primary N) is 1. The van der Waals surface area contributed by atoms with Gasteiger partial charge in [-0.15, -0.1) is 0 Å². The number of nitrogens with zero attached hydrogens (tertiary/aromatic N) is 3. The number of halogens is 3. The summed E-state index contributed by atoms with van der Waals surface area (Å²) in [5, 5.41) is -0.0411. The third-order valence-electron chi connectivity index (χ3n) is 3.73. The first-order chi connectivity index (χ1) is 11.3. The number of rotatable bonds is 2. The minimum atomic E-state index is -0.705. The molecule has 5 nitrogen and oxygen atoms in total. The van der Waals surface area contributed by atoms with E-state index in [0.717, 1.165) is 16.8 Å². The maximum Gasteiger partial charge on any atom is 0.267 e. The standard InChI is InChI=1S/C16H13ClF2N4O/c1-7-11(19)5-21-6-12(7)23-15(8(2)20)22-14-10(18)4-3-9(17)13(14)16(23)24/h3-6,8H,20H2,1-2H3/t8-/m0/s1. The summed E-state index contributed by atoms with van der Waals surface area (Å²) in [6.07, 6.45) is 2.36. The Balaban J connectivity index is 2.54. The van der Waals surface area contributed by atoms with Gasteiger partial charge in [0, 0.05) is 5.56 Å². The molecule has 1 atom stereocenters. The van der Waals surface area contributed by atoms with Crippen LogP contribution in [0.1, 0.15) is 24.4 Å². The average Bonchev–Trinajstić information content (AvgIpc) is 2.53. The SMILES string of the molecule is Cc1c(F)cncc1-n1c([C@H](C)N)nc2c(F)ccc(Cl)c2c1=O. The Bertz CT molecular complexity index is 1020. The van der Waals surface area contributed by atoms with Crippen LogP contribution >= 0.6 is 11.6 Å². The molecule has 2 heterocycles. The molecule has 0 unspecified atom stereocenters. The Kier molecular flexibility index (Phi) is 4.06. The molecule has 8 heteroatoms. The summed E-state index contributed by atoms with van der Waals surface area (Å²) in [7, 11) is 0. The number of pyridine rings is 1. The van der Waals surface area contributed by atoms with Crippen molar-refractivity contribution >= 4 is 22.5 Å². The van der Waals surface area contributed by atoms with Crippen LogP contribution in [0.5, 0.6) is 0 Å². The number of hydrogen-bond donors (Lipinski definition) is 1. The lowest BCUT2D eigenvalue weighted by molar-refractivity contribution is 0.605. The molecule has 0 saturated heterocycles. The first kappa shape index (κ1) is 16.5.